The molecule has 2 aromatic carbocycles. The first-order chi connectivity index (χ1) is 16.5. The molecule has 2 heterocycles. The predicted octanol–water partition coefficient (Wildman–Crippen LogP) is 2.52. The van der Waals surface area contributed by atoms with Gasteiger partial charge < -0.3 is 28.6 Å². The molecule has 1 amide bonds. The molecule has 1 aliphatic heterocycles. The molecule has 1 aliphatic rings. The minimum atomic E-state index is -1.21. The first-order valence-electron chi connectivity index (χ1n) is 10.9. The minimum absolute atomic E-state index is 0.118. The summed E-state index contributed by atoms with van der Waals surface area (Å²) in [5, 5.41) is 10.4. The van der Waals surface area contributed by atoms with Gasteiger partial charge in [-0.25, -0.2) is 4.98 Å². The highest BCUT2D eigenvalue weighted by Gasteiger charge is 2.48. The number of aromatic hydroxyl groups is 1. The van der Waals surface area contributed by atoms with Gasteiger partial charge in [-0.1, -0.05) is 12.1 Å². The summed E-state index contributed by atoms with van der Waals surface area (Å²) in [7, 11) is 4.37. The van der Waals surface area contributed by atoms with Crippen molar-refractivity contribution in [1.29, 1.82) is 0 Å². The van der Waals surface area contributed by atoms with Crippen molar-refractivity contribution in [3.8, 4) is 17.2 Å². The molecule has 0 bridgehead atoms. The first-order valence-corrected chi connectivity index (χ1v) is 10.9. The van der Waals surface area contributed by atoms with Gasteiger partial charge in [-0.2, -0.15) is 0 Å². The number of methoxy groups -OCH3 is 3. The van der Waals surface area contributed by atoms with Crippen LogP contribution in [0.25, 0.3) is 11.0 Å². The number of phenols is 1. The first kappa shape index (κ1) is 23.4. The number of ether oxygens (including phenoxy) is 4. The maximum absolute atomic E-state index is 13.8. The number of amides is 1. The van der Waals surface area contributed by atoms with Crippen LogP contribution < -0.4 is 14.4 Å². The Labute approximate surface area is 196 Å². The monoisotopic (exact) mass is 469 g/mol. The smallest absolute Gasteiger partial charge is 0.321 e. The van der Waals surface area contributed by atoms with Gasteiger partial charge in [-0.15, -0.1) is 0 Å². The number of para-hydroxylation sites is 2. The molecular formula is C24H27N3O7. The van der Waals surface area contributed by atoms with E-state index in [-0.39, 0.29) is 37.0 Å². The molecule has 1 N–H and O–H groups in total. The molecule has 2 unspecified atom stereocenters. The third kappa shape index (κ3) is 3.79. The Morgan fingerprint density at radius 2 is 1.79 bits per heavy atom. The van der Waals surface area contributed by atoms with Crippen LogP contribution in [-0.2, 0) is 19.1 Å². The average molecular weight is 469 g/mol. The van der Waals surface area contributed by atoms with Gasteiger partial charge >= 0.3 is 5.97 Å². The molecule has 2 atom stereocenters. The number of hydrogen-bond donors (Lipinski definition) is 1. The van der Waals surface area contributed by atoms with Crippen molar-refractivity contribution in [3.05, 3.63) is 42.0 Å². The third-order valence-corrected chi connectivity index (χ3v) is 5.85. The number of carbonyl (C=O) groups excluding carboxylic acids is 2. The lowest BCUT2D eigenvalue weighted by Crippen LogP contribution is -2.51. The summed E-state index contributed by atoms with van der Waals surface area (Å²) < 4.78 is 23.1. The van der Waals surface area contributed by atoms with Crippen molar-refractivity contribution in [2.24, 2.45) is 5.92 Å². The van der Waals surface area contributed by atoms with Crippen LogP contribution in [0.1, 0.15) is 18.5 Å². The number of imidazole rings is 1. The van der Waals surface area contributed by atoms with E-state index < -0.39 is 23.8 Å². The number of hydrogen-bond acceptors (Lipinski definition) is 8. The van der Waals surface area contributed by atoms with Crippen LogP contribution in [0.5, 0.6) is 17.2 Å². The van der Waals surface area contributed by atoms with Crippen LogP contribution in [0, 0.1) is 5.92 Å². The second-order valence-corrected chi connectivity index (χ2v) is 7.70. The highest BCUT2D eigenvalue weighted by molar-refractivity contribution is 6.08. The molecule has 3 aromatic rings. The van der Waals surface area contributed by atoms with E-state index in [2.05, 4.69) is 0 Å². The van der Waals surface area contributed by atoms with E-state index >= 15 is 0 Å². The Kier molecular flexibility index (Phi) is 6.60. The maximum atomic E-state index is 13.8. The number of fused-ring (bicyclic) bond motifs is 3. The van der Waals surface area contributed by atoms with Gasteiger partial charge in [-0.3, -0.25) is 14.5 Å². The molecule has 10 heteroatoms. The number of carbonyl (C=O) groups is 2. The fourth-order valence-corrected chi connectivity index (χ4v) is 4.33. The molecule has 180 valence electrons. The lowest BCUT2D eigenvalue weighted by molar-refractivity contribution is -0.153. The highest BCUT2D eigenvalue weighted by Crippen LogP contribution is 2.45. The van der Waals surface area contributed by atoms with Crippen LogP contribution in [0.3, 0.4) is 0 Å². The van der Waals surface area contributed by atoms with Crippen LogP contribution >= 0.6 is 0 Å². The fraction of sp³-hybridized carbons (Fsp3) is 0.375. The standard InChI is InChI=1S/C24H27N3O7/c1-5-34-23(30)19-20(14-12-17(32-3)21(28)18(13-14)33-4)27-16-9-7-6-8-15(16)25-24(27)26(22(19)29)10-11-31-2/h6-9,12-13,19-20,28H,5,10-11H2,1-4H3. The normalized spacial score (nSPS) is 17.5. The number of benzene rings is 2. The second kappa shape index (κ2) is 9.60. The zero-order valence-corrected chi connectivity index (χ0v) is 19.5. The van der Waals surface area contributed by atoms with Crippen LogP contribution in [0.15, 0.2) is 36.4 Å². The second-order valence-electron chi connectivity index (χ2n) is 7.70. The molecular weight excluding hydrogens is 442 g/mol. The summed E-state index contributed by atoms with van der Waals surface area (Å²) in [5.74, 6) is -1.81. The molecule has 34 heavy (non-hydrogen) atoms. The number of esters is 1. The van der Waals surface area contributed by atoms with Crippen molar-refractivity contribution in [2.75, 3.05) is 46.0 Å². The molecule has 0 saturated carbocycles. The topological polar surface area (TPSA) is 112 Å². The average Bonchev–Trinajstić information content (AvgIpc) is 3.22. The largest absolute Gasteiger partial charge is 0.502 e. The lowest BCUT2D eigenvalue weighted by atomic mass is 9.89. The van der Waals surface area contributed by atoms with E-state index in [0.717, 1.165) is 5.52 Å². The molecule has 0 saturated heterocycles. The van der Waals surface area contributed by atoms with Crippen molar-refractivity contribution in [2.45, 2.75) is 13.0 Å². The zero-order valence-electron chi connectivity index (χ0n) is 19.5. The predicted molar refractivity (Wildman–Crippen MR) is 123 cm³/mol. The van der Waals surface area contributed by atoms with Crippen molar-refractivity contribution in [3.63, 3.8) is 0 Å². The molecule has 0 radical (unpaired) electrons. The van der Waals surface area contributed by atoms with E-state index in [0.29, 0.717) is 17.0 Å². The Morgan fingerprint density at radius 3 is 2.41 bits per heavy atom. The van der Waals surface area contributed by atoms with Gasteiger partial charge in [0.15, 0.2) is 17.4 Å². The van der Waals surface area contributed by atoms with Gasteiger partial charge in [0.05, 0.1) is 51.1 Å². The number of nitrogens with zero attached hydrogens (tertiary/aromatic N) is 3. The fourth-order valence-electron chi connectivity index (χ4n) is 4.33. The number of aromatic nitrogens is 2. The van der Waals surface area contributed by atoms with E-state index in [4.69, 9.17) is 23.9 Å². The maximum Gasteiger partial charge on any atom is 0.321 e. The van der Waals surface area contributed by atoms with Crippen LogP contribution in [0.2, 0.25) is 0 Å². The van der Waals surface area contributed by atoms with Crippen molar-refractivity contribution >= 4 is 28.9 Å². The highest BCUT2D eigenvalue weighted by atomic mass is 16.5. The van der Waals surface area contributed by atoms with Gasteiger partial charge in [0, 0.05) is 7.11 Å². The van der Waals surface area contributed by atoms with Gasteiger partial charge in [0.2, 0.25) is 17.6 Å². The zero-order chi connectivity index (χ0) is 24.4. The molecule has 4 rings (SSSR count). The Balaban J connectivity index is 2.03. The number of rotatable bonds is 8. The molecule has 0 spiro atoms. The van der Waals surface area contributed by atoms with E-state index in [1.54, 1.807) is 19.1 Å². The molecule has 0 aliphatic carbocycles. The molecule has 0 fully saturated rings. The van der Waals surface area contributed by atoms with Crippen LogP contribution in [-0.4, -0.2) is 67.6 Å². The summed E-state index contributed by atoms with van der Waals surface area (Å²) >= 11 is 0. The summed E-state index contributed by atoms with van der Waals surface area (Å²) in [5.41, 5.74) is 1.92. The Hall–Kier alpha value is -3.79. The lowest BCUT2D eigenvalue weighted by Gasteiger charge is -2.38. The Morgan fingerprint density at radius 1 is 1.12 bits per heavy atom. The Bertz CT molecular complexity index is 1200. The quantitative estimate of drug-likeness (QED) is 0.396. The van der Waals surface area contributed by atoms with Crippen LogP contribution in [0.4, 0.5) is 5.95 Å². The van der Waals surface area contributed by atoms with E-state index in [1.807, 2.05) is 28.8 Å². The molecule has 10 nitrogen and oxygen atoms in total. The number of phenolic OH excluding ortho intramolecular Hbond substituents is 1. The third-order valence-electron chi connectivity index (χ3n) is 5.85. The van der Waals surface area contributed by atoms with Crippen molar-refractivity contribution in [1.82, 2.24) is 9.55 Å². The minimum Gasteiger partial charge on any atom is -0.502 e. The van der Waals surface area contributed by atoms with E-state index in [9.17, 15) is 14.7 Å². The summed E-state index contributed by atoms with van der Waals surface area (Å²) in [6, 6.07) is 9.79. The van der Waals surface area contributed by atoms with Gasteiger partial charge in [0.25, 0.3) is 0 Å². The SMILES string of the molecule is CCOC(=O)C1C(=O)N(CCOC)c2nc3ccccc3n2C1c1cc(OC)c(O)c(OC)c1. The summed E-state index contributed by atoms with van der Waals surface area (Å²) in [6.45, 7) is 2.28. The summed E-state index contributed by atoms with van der Waals surface area (Å²) in [6.07, 6.45) is 0. The number of anilines is 1. The summed E-state index contributed by atoms with van der Waals surface area (Å²) in [4.78, 5) is 33.1. The van der Waals surface area contributed by atoms with E-state index in [1.165, 1.54) is 26.2 Å². The van der Waals surface area contributed by atoms with Gasteiger partial charge in [0.1, 0.15) is 0 Å². The van der Waals surface area contributed by atoms with Gasteiger partial charge in [-0.05, 0) is 36.8 Å². The molecule has 1 aromatic heterocycles. The van der Waals surface area contributed by atoms with Crippen molar-refractivity contribution < 1.29 is 33.6 Å².